The van der Waals surface area contributed by atoms with Crippen LogP contribution < -0.4 is 5.32 Å². The number of piperidine rings is 1. The highest BCUT2D eigenvalue weighted by molar-refractivity contribution is 14.0. The van der Waals surface area contributed by atoms with Gasteiger partial charge in [-0.25, -0.2) is 0 Å². The Morgan fingerprint density at radius 1 is 1.06 bits per heavy atom. The van der Waals surface area contributed by atoms with Crippen LogP contribution in [0.1, 0.15) is 41.4 Å². The molecule has 0 radical (unpaired) electrons. The summed E-state index contributed by atoms with van der Waals surface area (Å²) in [4.78, 5) is 23.7. The van der Waals surface area contributed by atoms with Gasteiger partial charge in [-0.1, -0.05) is 31.2 Å². The summed E-state index contributed by atoms with van der Waals surface area (Å²) in [6.07, 6.45) is 4.18. The predicted molar refractivity (Wildman–Crippen MR) is 142 cm³/mol. The van der Waals surface area contributed by atoms with E-state index in [9.17, 15) is 4.79 Å². The molecule has 2 aromatic rings. The van der Waals surface area contributed by atoms with E-state index in [2.05, 4.69) is 51.3 Å². The zero-order chi connectivity index (χ0) is 22.3. The highest BCUT2D eigenvalue weighted by atomic mass is 127. The van der Waals surface area contributed by atoms with Crippen LogP contribution in [0.5, 0.6) is 0 Å². The molecule has 180 valence electrons. The maximum atomic E-state index is 12.5. The second-order valence-electron chi connectivity index (χ2n) is 8.91. The number of carbonyl (C=O) groups is 1. The van der Waals surface area contributed by atoms with Gasteiger partial charge in [0.15, 0.2) is 11.7 Å². The minimum absolute atomic E-state index is 0. The lowest BCUT2D eigenvalue weighted by Crippen LogP contribution is -2.53. The first kappa shape index (κ1) is 25.6. The van der Waals surface area contributed by atoms with Crippen molar-refractivity contribution in [1.29, 1.82) is 0 Å². The van der Waals surface area contributed by atoms with E-state index in [1.54, 1.807) is 18.4 Å². The van der Waals surface area contributed by atoms with E-state index in [0.29, 0.717) is 18.8 Å². The fraction of sp³-hybridized carbons (Fsp3) is 0.520. The summed E-state index contributed by atoms with van der Waals surface area (Å²) in [6.45, 7) is 9.30. The van der Waals surface area contributed by atoms with Crippen LogP contribution >= 0.6 is 24.0 Å². The first-order valence-corrected chi connectivity index (χ1v) is 11.7. The van der Waals surface area contributed by atoms with Crippen molar-refractivity contribution in [3.8, 4) is 0 Å². The Morgan fingerprint density at radius 3 is 2.45 bits per heavy atom. The number of hydrogen-bond acceptors (Lipinski definition) is 4. The normalized spacial score (nSPS) is 19.8. The van der Waals surface area contributed by atoms with Crippen LogP contribution in [0.15, 0.2) is 52.1 Å². The van der Waals surface area contributed by atoms with E-state index in [-0.39, 0.29) is 29.9 Å². The molecule has 3 heterocycles. The summed E-state index contributed by atoms with van der Waals surface area (Å²) in [5, 5.41) is 3.55. The van der Waals surface area contributed by atoms with Crippen molar-refractivity contribution in [2.45, 2.75) is 32.9 Å². The molecule has 1 aromatic heterocycles. The zero-order valence-corrected chi connectivity index (χ0v) is 22.0. The van der Waals surface area contributed by atoms with Gasteiger partial charge in [-0.3, -0.25) is 14.7 Å². The van der Waals surface area contributed by atoms with Gasteiger partial charge in [0.1, 0.15) is 0 Å². The molecule has 0 saturated carbocycles. The third-order valence-electron chi connectivity index (χ3n) is 6.50. The summed E-state index contributed by atoms with van der Waals surface area (Å²) in [5.74, 6) is 2.03. The molecular weight excluding hydrogens is 529 g/mol. The van der Waals surface area contributed by atoms with Crippen molar-refractivity contribution in [1.82, 2.24) is 20.0 Å². The monoisotopic (exact) mass is 565 g/mol. The topological polar surface area (TPSA) is 64.3 Å². The van der Waals surface area contributed by atoms with Crippen LogP contribution in [0.25, 0.3) is 0 Å². The Labute approximate surface area is 214 Å². The number of nitrogens with zero attached hydrogens (tertiary/aromatic N) is 4. The molecule has 1 N–H and O–H groups in total. The summed E-state index contributed by atoms with van der Waals surface area (Å²) in [5.41, 5.74) is 2.71. The van der Waals surface area contributed by atoms with E-state index in [0.717, 1.165) is 38.1 Å². The van der Waals surface area contributed by atoms with Crippen molar-refractivity contribution in [3.05, 3.63) is 59.5 Å². The number of furan rings is 1. The average Bonchev–Trinajstić information content (AvgIpc) is 3.35. The van der Waals surface area contributed by atoms with E-state index in [1.807, 2.05) is 11.9 Å². The van der Waals surface area contributed by atoms with Crippen molar-refractivity contribution in [2.75, 3.05) is 46.3 Å². The Balaban J connectivity index is 0.00000306. The number of piperazine rings is 1. The van der Waals surface area contributed by atoms with Crippen molar-refractivity contribution in [3.63, 3.8) is 0 Å². The van der Waals surface area contributed by atoms with Gasteiger partial charge in [-0.05, 0) is 48.6 Å². The van der Waals surface area contributed by atoms with Crippen LogP contribution in [0.3, 0.4) is 0 Å². The number of halogens is 1. The minimum atomic E-state index is -0.0430. The largest absolute Gasteiger partial charge is 0.459 e. The van der Waals surface area contributed by atoms with Gasteiger partial charge in [0.2, 0.25) is 0 Å². The molecule has 33 heavy (non-hydrogen) atoms. The maximum Gasteiger partial charge on any atom is 0.289 e. The van der Waals surface area contributed by atoms with Gasteiger partial charge in [-0.15, -0.1) is 24.0 Å². The van der Waals surface area contributed by atoms with E-state index in [1.165, 1.54) is 37.1 Å². The van der Waals surface area contributed by atoms with Crippen molar-refractivity contribution >= 4 is 35.8 Å². The number of nitrogens with one attached hydrogen (secondary N) is 1. The predicted octanol–water partition coefficient (Wildman–Crippen LogP) is 3.66. The molecular formula is C25H36IN5O2. The number of amides is 1. The molecule has 2 aliphatic rings. The maximum absolute atomic E-state index is 12.5. The van der Waals surface area contributed by atoms with Crippen LogP contribution in [-0.4, -0.2) is 72.9 Å². The smallest absolute Gasteiger partial charge is 0.289 e. The number of rotatable bonds is 5. The molecule has 1 amide bonds. The van der Waals surface area contributed by atoms with Gasteiger partial charge in [0, 0.05) is 52.9 Å². The first-order valence-electron chi connectivity index (χ1n) is 11.7. The molecule has 1 atom stereocenters. The highest BCUT2D eigenvalue weighted by Crippen LogP contribution is 2.19. The number of likely N-dealkylation sites (tertiary alicyclic amines) is 1. The highest BCUT2D eigenvalue weighted by Gasteiger charge is 2.25. The SMILES string of the molecule is CN=C(NCc1ccccc1CN1CCCC(C)C1)N1CCN(C(=O)c2ccco2)CC1.I. The molecule has 2 saturated heterocycles. The summed E-state index contributed by atoms with van der Waals surface area (Å²) >= 11 is 0. The number of guanidine groups is 1. The lowest BCUT2D eigenvalue weighted by Gasteiger charge is -2.36. The molecule has 0 spiro atoms. The fourth-order valence-corrected chi connectivity index (χ4v) is 4.74. The van der Waals surface area contributed by atoms with E-state index >= 15 is 0 Å². The first-order chi connectivity index (χ1) is 15.6. The molecule has 0 bridgehead atoms. The van der Waals surface area contributed by atoms with Gasteiger partial charge in [0.25, 0.3) is 5.91 Å². The molecule has 7 nitrogen and oxygen atoms in total. The van der Waals surface area contributed by atoms with Crippen LogP contribution in [0.4, 0.5) is 0 Å². The number of carbonyl (C=O) groups excluding carboxylic acids is 1. The minimum Gasteiger partial charge on any atom is -0.459 e. The summed E-state index contributed by atoms with van der Waals surface area (Å²) < 4.78 is 5.26. The summed E-state index contributed by atoms with van der Waals surface area (Å²) in [7, 11) is 1.82. The van der Waals surface area contributed by atoms with Crippen LogP contribution in [0.2, 0.25) is 0 Å². The van der Waals surface area contributed by atoms with Crippen molar-refractivity contribution in [2.24, 2.45) is 10.9 Å². The van der Waals surface area contributed by atoms with Crippen LogP contribution in [0, 0.1) is 5.92 Å². The van der Waals surface area contributed by atoms with E-state index < -0.39 is 0 Å². The number of aliphatic imine (C=N–C) groups is 1. The standard InChI is InChI=1S/C25H35N5O2.HI/c1-20-7-5-11-28(18-20)19-22-9-4-3-8-21(22)17-27-25(26-2)30-14-12-29(13-15-30)24(31)23-10-6-16-32-23;/h3-4,6,8-10,16,20H,5,7,11-15,17-19H2,1-2H3,(H,26,27);1H. The summed E-state index contributed by atoms with van der Waals surface area (Å²) in [6, 6.07) is 12.2. The Hall–Kier alpha value is -2.07. The van der Waals surface area contributed by atoms with E-state index in [4.69, 9.17) is 4.42 Å². The van der Waals surface area contributed by atoms with Gasteiger partial charge >= 0.3 is 0 Å². The molecule has 0 aliphatic carbocycles. The van der Waals surface area contributed by atoms with Crippen molar-refractivity contribution < 1.29 is 9.21 Å². The molecule has 2 fully saturated rings. The zero-order valence-electron chi connectivity index (χ0n) is 19.7. The Kier molecular flexibility index (Phi) is 9.61. The third kappa shape index (κ3) is 6.72. The lowest BCUT2D eigenvalue weighted by atomic mass is 9.99. The van der Waals surface area contributed by atoms with Crippen LogP contribution in [-0.2, 0) is 13.1 Å². The Morgan fingerprint density at radius 2 is 1.79 bits per heavy atom. The second-order valence-corrected chi connectivity index (χ2v) is 8.91. The molecule has 4 rings (SSSR count). The van der Waals surface area contributed by atoms with Gasteiger partial charge in [-0.2, -0.15) is 0 Å². The number of hydrogen-bond donors (Lipinski definition) is 1. The molecule has 1 unspecified atom stereocenters. The molecule has 1 aromatic carbocycles. The quantitative estimate of drug-likeness (QED) is 0.341. The molecule has 8 heteroatoms. The van der Waals surface area contributed by atoms with Gasteiger partial charge in [0.05, 0.1) is 6.26 Å². The average molecular weight is 566 g/mol. The Bertz CT molecular complexity index is 909. The fourth-order valence-electron chi connectivity index (χ4n) is 4.74. The molecule has 2 aliphatic heterocycles. The second kappa shape index (κ2) is 12.4. The number of benzene rings is 1. The van der Waals surface area contributed by atoms with Gasteiger partial charge < -0.3 is 19.5 Å². The lowest BCUT2D eigenvalue weighted by molar-refractivity contribution is 0.0657. The third-order valence-corrected chi connectivity index (χ3v) is 6.50.